The number of amides is 4. The Balaban J connectivity index is 3.74. The van der Waals surface area contributed by atoms with Crippen LogP contribution in [0.2, 0.25) is 0 Å². The third kappa shape index (κ3) is 9.12. The molecule has 0 saturated heterocycles. The van der Waals surface area contributed by atoms with Crippen molar-refractivity contribution >= 4 is 18.0 Å². The van der Waals surface area contributed by atoms with E-state index in [0.717, 1.165) is 0 Å². The van der Waals surface area contributed by atoms with E-state index in [1.165, 1.54) is 0 Å². The summed E-state index contributed by atoms with van der Waals surface area (Å²) < 4.78 is 4.91. The Morgan fingerprint density at radius 3 is 2.24 bits per heavy atom. The number of hydrogen-bond acceptors (Lipinski definition) is 5. The molecule has 0 fully saturated rings. The van der Waals surface area contributed by atoms with Crippen LogP contribution in [0.4, 0.5) is 9.59 Å². The smallest absolute Gasteiger partial charge is 0.409 e. The number of hydrogen-bond donors (Lipinski definition) is 4. The van der Waals surface area contributed by atoms with E-state index < -0.39 is 23.6 Å². The fourth-order valence-electron chi connectivity index (χ4n) is 0.733. The highest BCUT2D eigenvalue weighted by Gasteiger charge is 2.15. The van der Waals surface area contributed by atoms with Gasteiger partial charge in [-0.2, -0.15) is 0 Å². The second-order valence-electron chi connectivity index (χ2n) is 4.11. The van der Waals surface area contributed by atoms with Crippen LogP contribution in [0.25, 0.3) is 0 Å². The Hall–Kier alpha value is -1.83. The number of imide groups is 1. The molecular weight excluding hydrogens is 228 g/mol. The standard InChI is InChI=1S/C9H18N4O4/c1-9(2,3)17-8(16)12-5-11-7(15)13-6(14)4-10/h4-5,10H2,1-3H3,(H,12,16)(H2,11,13,14,15). The fourth-order valence-corrected chi connectivity index (χ4v) is 0.733. The van der Waals surface area contributed by atoms with E-state index in [0.29, 0.717) is 0 Å². The lowest BCUT2D eigenvalue weighted by Gasteiger charge is -2.19. The third-order valence-electron chi connectivity index (χ3n) is 1.32. The quantitative estimate of drug-likeness (QED) is 0.488. The van der Waals surface area contributed by atoms with Gasteiger partial charge < -0.3 is 21.1 Å². The van der Waals surface area contributed by atoms with Crippen LogP contribution in [-0.4, -0.2) is 36.8 Å². The Bertz CT molecular complexity index is 298. The number of urea groups is 1. The van der Waals surface area contributed by atoms with Gasteiger partial charge in [-0.1, -0.05) is 0 Å². The number of nitrogens with two attached hydrogens (primary N) is 1. The maximum Gasteiger partial charge on any atom is 0.409 e. The zero-order chi connectivity index (χ0) is 13.5. The number of carbonyl (C=O) groups excluding carboxylic acids is 3. The van der Waals surface area contributed by atoms with Crippen LogP contribution in [0.5, 0.6) is 0 Å². The van der Waals surface area contributed by atoms with Gasteiger partial charge in [-0.15, -0.1) is 0 Å². The SMILES string of the molecule is CC(C)(C)OC(=O)NCNC(=O)NC(=O)CN. The second kappa shape index (κ2) is 6.69. The summed E-state index contributed by atoms with van der Waals surface area (Å²) in [5.74, 6) is -0.611. The molecule has 8 heteroatoms. The van der Waals surface area contributed by atoms with E-state index in [2.05, 4.69) is 10.6 Å². The van der Waals surface area contributed by atoms with E-state index >= 15 is 0 Å². The molecule has 0 spiro atoms. The van der Waals surface area contributed by atoms with Crippen LogP contribution in [0.15, 0.2) is 0 Å². The number of rotatable bonds is 3. The number of ether oxygens (including phenoxy) is 1. The van der Waals surface area contributed by atoms with Gasteiger partial charge in [0, 0.05) is 0 Å². The topological polar surface area (TPSA) is 123 Å². The fraction of sp³-hybridized carbons (Fsp3) is 0.667. The van der Waals surface area contributed by atoms with Crippen molar-refractivity contribution < 1.29 is 19.1 Å². The summed E-state index contributed by atoms with van der Waals surface area (Å²) >= 11 is 0. The molecule has 0 bridgehead atoms. The van der Waals surface area contributed by atoms with Crippen molar-refractivity contribution in [3.63, 3.8) is 0 Å². The van der Waals surface area contributed by atoms with Gasteiger partial charge in [-0.3, -0.25) is 10.1 Å². The molecule has 0 aromatic heterocycles. The average molecular weight is 246 g/mol. The maximum atomic E-state index is 11.1. The Morgan fingerprint density at radius 2 is 1.76 bits per heavy atom. The first-order valence-corrected chi connectivity index (χ1v) is 4.99. The molecule has 0 aliphatic rings. The Labute approximate surface area is 99.2 Å². The molecule has 0 saturated carbocycles. The minimum absolute atomic E-state index is 0.154. The summed E-state index contributed by atoms with van der Waals surface area (Å²) in [6.45, 7) is 4.71. The molecule has 5 N–H and O–H groups in total. The molecule has 0 aliphatic carbocycles. The monoisotopic (exact) mass is 246 g/mol. The van der Waals surface area contributed by atoms with Gasteiger partial charge in [0.1, 0.15) is 5.60 Å². The van der Waals surface area contributed by atoms with E-state index in [1.54, 1.807) is 20.8 Å². The lowest BCUT2D eigenvalue weighted by Crippen LogP contribution is -2.46. The second-order valence-corrected chi connectivity index (χ2v) is 4.11. The number of carbonyl (C=O) groups is 3. The van der Waals surface area contributed by atoms with Crippen molar-refractivity contribution in [1.82, 2.24) is 16.0 Å². The predicted octanol–water partition coefficient (Wildman–Crippen LogP) is -0.747. The highest BCUT2D eigenvalue weighted by atomic mass is 16.6. The first-order valence-electron chi connectivity index (χ1n) is 4.99. The summed E-state index contributed by atoms with van der Waals surface area (Å²) in [4.78, 5) is 32.8. The number of nitrogens with one attached hydrogen (secondary N) is 3. The predicted molar refractivity (Wildman–Crippen MR) is 60.0 cm³/mol. The minimum atomic E-state index is -0.739. The van der Waals surface area contributed by atoms with Crippen molar-refractivity contribution in [3.05, 3.63) is 0 Å². The maximum absolute atomic E-state index is 11.1. The van der Waals surface area contributed by atoms with Crippen LogP contribution < -0.4 is 21.7 Å². The van der Waals surface area contributed by atoms with E-state index in [9.17, 15) is 14.4 Å². The Morgan fingerprint density at radius 1 is 1.18 bits per heavy atom. The molecule has 0 heterocycles. The summed E-state index contributed by atoms with van der Waals surface area (Å²) in [5, 5.41) is 6.46. The normalized spacial score (nSPS) is 10.4. The molecule has 0 unspecified atom stereocenters. The van der Waals surface area contributed by atoms with Gasteiger partial charge in [0.25, 0.3) is 0 Å². The van der Waals surface area contributed by atoms with Crippen LogP contribution in [0, 0.1) is 0 Å². The number of alkyl carbamates (subject to hydrolysis) is 1. The molecule has 0 atom stereocenters. The third-order valence-corrected chi connectivity index (χ3v) is 1.32. The van der Waals surface area contributed by atoms with Crippen LogP contribution in [0.3, 0.4) is 0 Å². The summed E-state index contributed by atoms with van der Waals surface area (Å²) in [5.41, 5.74) is 4.38. The van der Waals surface area contributed by atoms with E-state index in [1.807, 2.05) is 5.32 Å². The zero-order valence-corrected chi connectivity index (χ0v) is 10.1. The minimum Gasteiger partial charge on any atom is -0.444 e. The van der Waals surface area contributed by atoms with E-state index in [-0.39, 0.29) is 13.2 Å². The summed E-state index contributed by atoms with van der Waals surface area (Å²) in [7, 11) is 0. The first kappa shape index (κ1) is 15.2. The van der Waals surface area contributed by atoms with Gasteiger partial charge >= 0.3 is 12.1 Å². The van der Waals surface area contributed by atoms with Crippen molar-refractivity contribution in [2.24, 2.45) is 5.73 Å². The molecule has 98 valence electrons. The summed E-state index contributed by atoms with van der Waals surface area (Å²) in [6, 6.07) is -0.739. The lowest BCUT2D eigenvalue weighted by atomic mass is 10.2. The first-order chi connectivity index (χ1) is 7.74. The average Bonchev–Trinajstić information content (AvgIpc) is 2.14. The van der Waals surface area contributed by atoms with Gasteiger partial charge in [0.05, 0.1) is 13.2 Å². The molecule has 0 aliphatic heterocycles. The molecule has 4 amide bonds. The van der Waals surface area contributed by atoms with Crippen molar-refractivity contribution in [3.8, 4) is 0 Å². The van der Waals surface area contributed by atoms with Crippen molar-refractivity contribution in [2.45, 2.75) is 26.4 Å². The van der Waals surface area contributed by atoms with Crippen molar-refractivity contribution in [2.75, 3.05) is 13.2 Å². The lowest BCUT2D eigenvalue weighted by molar-refractivity contribution is -0.118. The van der Waals surface area contributed by atoms with Gasteiger partial charge in [0.2, 0.25) is 5.91 Å². The molecule has 0 radical (unpaired) electrons. The van der Waals surface area contributed by atoms with Gasteiger partial charge in [-0.05, 0) is 20.8 Å². The molecular formula is C9H18N4O4. The van der Waals surface area contributed by atoms with Crippen LogP contribution >= 0.6 is 0 Å². The van der Waals surface area contributed by atoms with Crippen LogP contribution in [-0.2, 0) is 9.53 Å². The van der Waals surface area contributed by atoms with Gasteiger partial charge in [-0.25, -0.2) is 9.59 Å². The van der Waals surface area contributed by atoms with Crippen LogP contribution in [0.1, 0.15) is 20.8 Å². The van der Waals surface area contributed by atoms with Crippen molar-refractivity contribution in [1.29, 1.82) is 0 Å². The molecule has 0 rings (SSSR count). The van der Waals surface area contributed by atoms with Gasteiger partial charge in [0.15, 0.2) is 0 Å². The molecule has 17 heavy (non-hydrogen) atoms. The zero-order valence-electron chi connectivity index (χ0n) is 10.1. The molecule has 0 aromatic carbocycles. The van der Waals surface area contributed by atoms with E-state index in [4.69, 9.17) is 10.5 Å². The molecule has 8 nitrogen and oxygen atoms in total. The largest absolute Gasteiger partial charge is 0.444 e. The Kier molecular flexibility index (Phi) is 5.97. The molecule has 0 aromatic rings. The highest BCUT2D eigenvalue weighted by Crippen LogP contribution is 2.05. The highest BCUT2D eigenvalue weighted by molar-refractivity contribution is 5.95. The summed E-state index contributed by atoms with van der Waals surface area (Å²) in [6.07, 6.45) is -0.664.